The molecule has 0 saturated heterocycles. The number of H-pyrrole nitrogens is 1. The summed E-state index contributed by atoms with van der Waals surface area (Å²) in [5.74, 6) is -0.00250. The van der Waals surface area contributed by atoms with E-state index in [0.717, 1.165) is 22.5 Å². The van der Waals surface area contributed by atoms with Gasteiger partial charge in [0.1, 0.15) is 0 Å². The highest BCUT2D eigenvalue weighted by molar-refractivity contribution is 6.08. The molecule has 3 aromatic rings. The van der Waals surface area contributed by atoms with Gasteiger partial charge in [0.05, 0.1) is 17.7 Å². The van der Waals surface area contributed by atoms with E-state index in [0.29, 0.717) is 11.3 Å². The maximum atomic E-state index is 12.8. The van der Waals surface area contributed by atoms with E-state index < -0.39 is 0 Å². The van der Waals surface area contributed by atoms with Gasteiger partial charge in [-0.1, -0.05) is 66.2 Å². The molecule has 0 aliphatic carbocycles. The second-order valence-corrected chi connectivity index (χ2v) is 7.02. The molecule has 2 atom stereocenters. The van der Waals surface area contributed by atoms with E-state index in [9.17, 15) is 4.79 Å². The number of hydrogen-bond acceptors (Lipinski definition) is 2. The number of hydrogen-bond donors (Lipinski definition) is 1. The number of carbonyl (C=O) groups is 1. The minimum atomic E-state index is -0.00744. The lowest BCUT2D eigenvalue weighted by atomic mass is 9.91. The normalized spacial score (nSPS) is 17.0. The van der Waals surface area contributed by atoms with Gasteiger partial charge < -0.3 is 4.98 Å². The van der Waals surface area contributed by atoms with Crippen molar-refractivity contribution in [3.63, 3.8) is 0 Å². The van der Waals surface area contributed by atoms with E-state index in [2.05, 4.69) is 36.2 Å². The Kier molecular flexibility index (Phi) is 4.59. The first kappa shape index (κ1) is 17.2. The second-order valence-electron chi connectivity index (χ2n) is 7.02. The number of ketones is 1. The number of aromatic amines is 1. The SMILES string of the molecule is Cc1ccc(C(=O)c2ccc(C(C3=NC(C)C=C3)c3ccccc3)[nH]2)cc1. The first-order valence-corrected chi connectivity index (χ1v) is 9.23. The maximum Gasteiger partial charge on any atom is 0.209 e. The quantitative estimate of drug-likeness (QED) is 0.638. The van der Waals surface area contributed by atoms with Crippen molar-refractivity contribution < 1.29 is 4.79 Å². The molecule has 1 aromatic heterocycles. The Balaban J connectivity index is 1.70. The number of aliphatic imine (C=N–C) groups is 1. The number of benzene rings is 2. The van der Waals surface area contributed by atoms with Crippen molar-refractivity contribution in [1.29, 1.82) is 0 Å². The summed E-state index contributed by atoms with van der Waals surface area (Å²) >= 11 is 0. The fourth-order valence-electron chi connectivity index (χ4n) is 3.46. The highest BCUT2D eigenvalue weighted by Crippen LogP contribution is 2.29. The minimum absolute atomic E-state index is 0.00494. The summed E-state index contributed by atoms with van der Waals surface area (Å²) in [6, 6.07) is 22.0. The van der Waals surface area contributed by atoms with Crippen LogP contribution < -0.4 is 0 Å². The molecule has 4 rings (SSSR count). The van der Waals surface area contributed by atoms with Gasteiger partial charge in [0, 0.05) is 17.0 Å². The molecule has 0 spiro atoms. The molecule has 0 amide bonds. The predicted molar refractivity (Wildman–Crippen MR) is 110 cm³/mol. The number of allylic oxidation sites excluding steroid dienone is 1. The third-order valence-electron chi connectivity index (χ3n) is 4.90. The number of aromatic nitrogens is 1. The van der Waals surface area contributed by atoms with Gasteiger partial charge in [-0.2, -0.15) is 0 Å². The zero-order valence-corrected chi connectivity index (χ0v) is 15.5. The lowest BCUT2D eigenvalue weighted by Crippen LogP contribution is -2.12. The summed E-state index contributed by atoms with van der Waals surface area (Å²) in [7, 11) is 0. The summed E-state index contributed by atoms with van der Waals surface area (Å²) < 4.78 is 0. The number of nitrogens with one attached hydrogen (secondary N) is 1. The third-order valence-corrected chi connectivity index (χ3v) is 4.90. The molecule has 134 valence electrons. The van der Waals surface area contributed by atoms with E-state index in [-0.39, 0.29) is 17.7 Å². The Morgan fingerprint density at radius 3 is 2.41 bits per heavy atom. The van der Waals surface area contributed by atoms with Gasteiger partial charge in [0.25, 0.3) is 0 Å². The van der Waals surface area contributed by atoms with Crippen LogP contribution in [0.5, 0.6) is 0 Å². The Bertz CT molecular complexity index is 1010. The van der Waals surface area contributed by atoms with E-state index in [1.54, 1.807) is 0 Å². The Labute approximate surface area is 159 Å². The zero-order valence-electron chi connectivity index (χ0n) is 15.5. The van der Waals surface area contributed by atoms with Crippen molar-refractivity contribution in [2.75, 3.05) is 0 Å². The van der Waals surface area contributed by atoms with Gasteiger partial charge in [-0.25, -0.2) is 0 Å². The second kappa shape index (κ2) is 7.20. The summed E-state index contributed by atoms with van der Waals surface area (Å²) in [6.07, 6.45) is 4.19. The van der Waals surface area contributed by atoms with Crippen LogP contribution >= 0.6 is 0 Å². The van der Waals surface area contributed by atoms with Gasteiger partial charge in [0.15, 0.2) is 0 Å². The monoisotopic (exact) mass is 354 g/mol. The first-order valence-electron chi connectivity index (χ1n) is 9.23. The van der Waals surface area contributed by atoms with E-state index in [1.165, 1.54) is 0 Å². The number of carbonyl (C=O) groups excluding carboxylic acids is 1. The molecule has 1 N–H and O–H groups in total. The van der Waals surface area contributed by atoms with Crippen LogP contribution in [0.25, 0.3) is 0 Å². The molecule has 2 unspecified atom stereocenters. The fraction of sp³-hybridized carbons (Fsp3) is 0.167. The van der Waals surface area contributed by atoms with E-state index >= 15 is 0 Å². The maximum absolute atomic E-state index is 12.8. The van der Waals surface area contributed by atoms with Gasteiger partial charge >= 0.3 is 0 Å². The third kappa shape index (κ3) is 3.54. The van der Waals surface area contributed by atoms with Crippen LogP contribution in [0.4, 0.5) is 0 Å². The number of nitrogens with zero attached hydrogens (tertiary/aromatic N) is 1. The molecular formula is C24H22N2O. The lowest BCUT2D eigenvalue weighted by molar-refractivity contribution is 0.103. The van der Waals surface area contributed by atoms with Crippen LogP contribution in [0.3, 0.4) is 0 Å². The number of rotatable bonds is 5. The van der Waals surface area contributed by atoms with Gasteiger partial charge in [-0.15, -0.1) is 0 Å². The smallest absolute Gasteiger partial charge is 0.209 e. The first-order chi connectivity index (χ1) is 13.1. The van der Waals surface area contributed by atoms with Crippen LogP contribution in [0, 0.1) is 6.92 Å². The van der Waals surface area contributed by atoms with Crippen LogP contribution in [0.2, 0.25) is 0 Å². The molecule has 1 aliphatic rings. The van der Waals surface area contributed by atoms with Crippen molar-refractivity contribution in [3.05, 3.63) is 107 Å². The summed E-state index contributed by atoms with van der Waals surface area (Å²) in [5, 5.41) is 0. The summed E-state index contributed by atoms with van der Waals surface area (Å²) in [6.45, 7) is 4.09. The van der Waals surface area contributed by atoms with Gasteiger partial charge in [-0.3, -0.25) is 9.79 Å². The number of aryl methyl sites for hydroxylation is 1. The predicted octanol–water partition coefficient (Wildman–Crippen LogP) is 5.09. The molecule has 2 aromatic carbocycles. The molecule has 27 heavy (non-hydrogen) atoms. The van der Waals surface area contributed by atoms with Crippen LogP contribution in [-0.2, 0) is 0 Å². The molecule has 1 aliphatic heterocycles. The molecule has 0 radical (unpaired) electrons. The van der Waals surface area contributed by atoms with Crippen molar-refractivity contribution >= 4 is 11.5 Å². The van der Waals surface area contributed by atoms with Crippen molar-refractivity contribution in [3.8, 4) is 0 Å². The molecule has 0 fully saturated rings. The highest BCUT2D eigenvalue weighted by atomic mass is 16.1. The topological polar surface area (TPSA) is 45.2 Å². The largest absolute Gasteiger partial charge is 0.355 e. The molecule has 3 heteroatoms. The summed E-state index contributed by atoms with van der Waals surface area (Å²) in [4.78, 5) is 20.9. The van der Waals surface area contributed by atoms with Crippen LogP contribution in [0.1, 0.15) is 45.7 Å². The van der Waals surface area contributed by atoms with E-state index in [1.807, 2.05) is 61.5 Å². The molecular weight excluding hydrogens is 332 g/mol. The Hall–Kier alpha value is -3.20. The minimum Gasteiger partial charge on any atom is -0.355 e. The van der Waals surface area contributed by atoms with Crippen molar-refractivity contribution in [1.82, 2.24) is 4.98 Å². The molecule has 3 nitrogen and oxygen atoms in total. The average molecular weight is 354 g/mol. The van der Waals surface area contributed by atoms with E-state index in [4.69, 9.17) is 4.99 Å². The highest BCUT2D eigenvalue weighted by Gasteiger charge is 2.24. The van der Waals surface area contributed by atoms with Crippen molar-refractivity contribution in [2.45, 2.75) is 25.8 Å². The molecule has 2 heterocycles. The average Bonchev–Trinajstić information content (AvgIpc) is 3.33. The van der Waals surface area contributed by atoms with Crippen molar-refractivity contribution in [2.24, 2.45) is 4.99 Å². The Morgan fingerprint density at radius 2 is 1.74 bits per heavy atom. The fourth-order valence-corrected chi connectivity index (χ4v) is 3.46. The molecule has 0 saturated carbocycles. The Morgan fingerprint density at radius 1 is 1.00 bits per heavy atom. The van der Waals surface area contributed by atoms with Gasteiger partial charge in [-0.05, 0) is 37.6 Å². The molecule has 0 bridgehead atoms. The standard InChI is InChI=1S/C24H22N2O/c1-16-8-11-19(12-9-16)24(27)22-15-14-21(26-22)23(18-6-4-3-5-7-18)20-13-10-17(2)25-20/h3-15,17,23,26H,1-2H3. The van der Waals surface area contributed by atoms with Gasteiger partial charge in [0.2, 0.25) is 5.78 Å². The van der Waals surface area contributed by atoms with Crippen LogP contribution in [0.15, 0.2) is 83.9 Å². The zero-order chi connectivity index (χ0) is 18.8. The summed E-state index contributed by atoms with van der Waals surface area (Å²) in [5.41, 5.74) is 5.59. The lowest BCUT2D eigenvalue weighted by Gasteiger charge is -2.16. The van der Waals surface area contributed by atoms with Crippen LogP contribution in [-0.4, -0.2) is 22.5 Å².